The number of fused-ring (bicyclic) bond motifs is 2. The smallest absolute Gasteiger partial charge is 0.253 e. The lowest BCUT2D eigenvalue weighted by Gasteiger charge is -2.32. The van der Waals surface area contributed by atoms with Crippen LogP contribution in [0.3, 0.4) is 0 Å². The van der Waals surface area contributed by atoms with E-state index in [1.807, 2.05) is 0 Å². The van der Waals surface area contributed by atoms with Crippen molar-refractivity contribution in [3.63, 3.8) is 0 Å². The molecule has 2 aromatic rings. The maximum absolute atomic E-state index is 13.5. The summed E-state index contributed by atoms with van der Waals surface area (Å²) < 4.78 is 54.0. The van der Waals surface area contributed by atoms with Crippen LogP contribution in [-0.4, -0.2) is 42.2 Å². The Bertz CT molecular complexity index is 964. The van der Waals surface area contributed by atoms with Gasteiger partial charge in [0.25, 0.3) is 5.91 Å². The number of hydrogen-bond acceptors (Lipinski definition) is 4. The second-order valence-electron chi connectivity index (χ2n) is 6.91. The molecule has 9 heteroatoms. The second-order valence-corrected chi connectivity index (χ2v) is 8.80. The Hall–Kier alpha value is -2.39. The number of rotatable bonds is 4. The Morgan fingerprint density at radius 2 is 1.93 bits per heavy atom. The van der Waals surface area contributed by atoms with Crippen LogP contribution in [0.2, 0.25) is 0 Å². The van der Waals surface area contributed by atoms with Gasteiger partial charge in [-0.25, -0.2) is 17.2 Å². The summed E-state index contributed by atoms with van der Waals surface area (Å²) in [5, 5.41) is 2.87. The fourth-order valence-corrected chi connectivity index (χ4v) is 5.76. The van der Waals surface area contributed by atoms with E-state index in [9.17, 15) is 22.0 Å². The van der Waals surface area contributed by atoms with Gasteiger partial charge in [0.05, 0.1) is 10.5 Å². The first-order valence-electron chi connectivity index (χ1n) is 8.53. The van der Waals surface area contributed by atoms with Gasteiger partial charge in [0.15, 0.2) is 0 Å². The van der Waals surface area contributed by atoms with E-state index in [4.69, 9.17) is 0 Å². The van der Waals surface area contributed by atoms with E-state index < -0.39 is 32.6 Å². The zero-order valence-corrected chi connectivity index (χ0v) is 15.0. The molecule has 2 aliphatic rings. The van der Waals surface area contributed by atoms with Crippen LogP contribution in [-0.2, 0) is 10.0 Å². The standard InChI is InChI=1S/C18H17F2N3O3S/c19-13-6-14(20)8-15(7-13)27(25,26)23-10-11-4-16(17(23)5-11)22-18(24)12-2-1-3-21-9-12/h1-3,6-9,11,16-17H,4-5,10H2,(H,22,24)/t11-,16+,17-/m1/s1. The number of benzene rings is 1. The molecule has 0 unspecified atom stereocenters. The zero-order valence-electron chi connectivity index (χ0n) is 14.2. The van der Waals surface area contributed by atoms with Gasteiger partial charge in [-0.2, -0.15) is 4.31 Å². The summed E-state index contributed by atoms with van der Waals surface area (Å²) in [6, 6.07) is 4.73. The van der Waals surface area contributed by atoms with Crippen LogP contribution in [0.15, 0.2) is 47.6 Å². The van der Waals surface area contributed by atoms with E-state index in [1.54, 1.807) is 18.3 Å². The molecule has 1 aromatic heterocycles. The number of sulfonamides is 1. The number of carbonyl (C=O) groups is 1. The summed E-state index contributed by atoms with van der Waals surface area (Å²) in [7, 11) is -4.06. The molecule has 2 bridgehead atoms. The molecule has 27 heavy (non-hydrogen) atoms. The SMILES string of the molecule is O=C(N[C@H]1C[C@@H]2C[C@H]1N(S(=O)(=O)c1cc(F)cc(F)c1)C2)c1cccnc1. The minimum Gasteiger partial charge on any atom is -0.348 e. The molecule has 1 saturated carbocycles. The Morgan fingerprint density at radius 3 is 2.56 bits per heavy atom. The summed E-state index contributed by atoms with van der Waals surface area (Å²) in [5.41, 5.74) is 0.391. The van der Waals surface area contributed by atoms with E-state index >= 15 is 0 Å². The highest BCUT2D eigenvalue weighted by atomic mass is 32.2. The van der Waals surface area contributed by atoms with Gasteiger partial charge in [0.2, 0.25) is 10.0 Å². The number of nitrogens with zero attached hydrogens (tertiary/aromatic N) is 2. The fraction of sp³-hybridized carbons (Fsp3) is 0.333. The lowest BCUT2D eigenvalue weighted by atomic mass is 10.1. The number of halogens is 2. The van der Waals surface area contributed by atoms with Crippen LogP contribution < -0.4 is 5.32 Å². The monoisotopic (exact) mass is 393 g/mol. The Balaban J connectivity index is 1.56. The van der Waals surface area contributed by atoms with Crippen molar-refractivity contribution < 1.29 is 22.0 Å². The summed E-state index contributed by atoms with van der Waals surface area (Å²) in [5.74, 6) is -2.11. The highest BCUT2D eigenvalue weighted by Gasteiger charge is 2.50. The Morgan fingerprint density at radius 1 is 1.19 bits per heavy atom. The number of pyridine rings is 1. The van der Waals surface area contributed by atoms with Gasteiger partial charge in [-0.3, -0.25) is 9.78 Å². The van der Waals surface area contributed by atoms with Crippen LogP contribution in [0.5, 0.6) is 0 Å². The van der Waals surface area contributed by atoms with Gasteiger partial charge in [0, 0.05) is 37.1 Å². The summed E-state index contributed by atoms with van der Waals surface area (Å²) >= 11 is 0. The molecular weight excluding hydrogens is 376 g/mol. The number of nitrogens with one attached hydrogen (secondary N) is 1. The van der Waals surface area contributed by atoms with Crippen LogP contribution in [0.4, 0.5) is 8.78 Å². The van der Waals surface area contributed by atoms with Crippen molar-refractivity contribution in [2.24, 2.45) is 5.92 Å². The predicted octanol–water partition coefficient (Wildman–Crippen LogP) is 1.94. The predicted molar refractivity (Wildman–Crippen MR) is 92.3 cm³/mol. The quantitative estimate of drug-likeness (QED) is 0.861. The molecule has 1 saturated heterocycles. The highest BCUT2D eigenvalue weighted by molar-refractivity contribution is 7.89. The van der Waals surface area contributed by atoms with Crippen LogP contribution in [0.25, 0.3) is 0 Å². The van der Waals surface area contributed by atoms with E-state index in [0.717, 1.165) is 12.1 Å². The summed E-state index contributed by atoms with van der Waals surface area (Å²) in [6.45, 7) is 0.282. The van der Waals surface area contributed by atoms with Gasteiger partial charge < -0.3 is 5.32 Å². The van der Waals surface area contributed by atoms with Gasteiger partial charge in [-0.15, -0.1) is 0 Å². The number of piperidine rings is 1. The second kappa shape index (κ2) is 6.65. The van der Waals surface area contributed by atoms with Crippen molar-refractivity contribution >= 4 is 15.9 Å². The van der Waals surface area contributed by atoms with Gasteiger partial charge in [-0.05, 0) is 43.0 Å². The van der Waals surface area contributed by atoms with Gasteiger partial charge >= 0.3 is 0 Å². The molecule has 1 aromatic carbocycles. The summed E-state index contributed by atoms with van der Waals surface area (Å²) in [4.78, 5) is 15.9. The normalized spacial score (nSPS) is 24.9. The molecule has 2 heterocycles. The summed E-state index contributed by atoms with van der Waals surface area (Å²) in [6.07, 6.45) is 4.27. The van der Waals surface area contributed by atoms with Crippen LogP contribution in [0.1, 0.15) is 23.2 Å². The fourth-order valence-electron chi connectivity index (χ4n) is 3.97. The highest BCUT2D eigenvalue weighted by Crippen LogP contribution is 2.41. The average Bonchev–Trinajstić information content (AvgIpc) is 3.22. The topological polar surface area (TPSA) is 79.4 Å². The molecule has 0 radical (unpaired) electrons. The van der Waals surface area contributed by atoms with Crippen molar-refractivity contribution in [3.8, 4) is 0 Å². The average molecular weight is 393 g/mol. The first-order chi connectivity index (χ1) is 12.8. The van der Waals surface area contributed by atoms with Gasteiger partial charge in [-0.1, -0.05) is 0 Å². The van der Waals surface area contributed by atoms with Crippen LogP contribution in [0, 0.1) is 17.6 Å². The van der Waals surface area contributed by atoms with Crippen molar-refractivity contribution in [3.05, 3.63) is 59.9 Å². The molecular formula is C18H17F2N3O3S. The van der Waals surface area contributed by atoms with Crippen molar-refractivity contribution in [2.75, 3.05) is 6.54 Å². The molecule has 4 rings (SSSR count). The third-order valence-corrected chi connectivity index (χ3v) is 6.99. The van der Waals surface area contributed by atoms with Crippen molar-refractivity contribution in [2.45, 2.75) is 29.8 Å². The first-order valence-corrected chi connectivity index (χ1v) is 9.97. The molecule has 1 amide bonds. The zero-order chi connectivity index (χ0) is 19.2. The molecule has 3 atom stereocenters. The van der Waals surface area contributed by atoms with E-state index in [2.05, 4.69) is 10.3 Å². The minimum atomic E-state index is -4.06. The molecule has 2 fully saturated rings. The largest absolute Gasteiger partial charge is 0.348 e. The Kier molecular flexibility index (Phi) is 4.43. The van der Waals surface area contributed by atoms with Crippen molar-refractivity contribution in [1.29, 1.82) is 0 Å². The molecule has 1 N–H and O–H groups in total. The van der Waals surface area contributed by atoms with Crippen LogP contribution >= 0.6 is 0 Å². The number of amides is 1. The maximum atomic E-state index is 13.5. The van der Waals surface area contributed by atoms with E-state index in [-0.39, 0.29) is 24.4 Å². The minimum absolute atomic E-state index is 0.0994. The molecule has 1 aliphatic carbocycles. The number of hydrogen-bond donors (Lipinski definition) is 1. The third-order valence-electron chi connectivity index (χ3n) is 5.12. The lowest BCUT2D eigenvalue weighted by molar-refractivity contribution is 0.0916. The lowest BCUT2D eigenvalue weighted by Crippen LogP contribution is -2.51. The first kappa shape index (κ1) is 18.0. The van der Waals surface area contributed by atoms with Crippen molar-refractivity contribution in [1.82, 2.24) is 14.6 Å². The molecule has 142 valence electrons. The number of aromatic nitrogens is 1. The number of carbonyl (C=O) groups excluding carboxylic acids is 1. The molecule has 0 spiro atoms. The molecule has 6 nitrogen and oxygen atoms in total. The van der Waals surface area contributed by atoms with E-state index in [1.165, 1.54) is 10.5 Å². The van der Waals surface area contributed by atoms with Gasteiger partial charge in [0.1, 0.15) is 11.6 Å². The maximum Gasteiger partial charge on any atom is 0.253 e. The molecule has 1 aliphatic heterocycles. The van der Waals surface area contributed by atoms with E-state index in [0.29, 0.717) is 24.5 Å². The Labute approximate surface area is 155 Å². The third kappa shape index (κ3) is 3.32.